The van der Waals surface area contributed by atoms with E-state index in [0.717, 1.165) is 24.3 Å². The van der Waals surface area contributed by atoms with Crippen LogP contribution in [0.4, 0.5) is 5.69 Å². The minimum absolute atomic E-state index is 1.10. The Balaban J connectivity index is 1.94. The lowest BCUT2D eigenvalue weighted by Gasteiger charge is -2.20. The smallest absolute Gasteiger partial charge is 0.0830 e. The first-order valence-corrected chi connectivity index (χ1v) is 7.98. The average Bonchev–Trinajstić information content (AvgIpc) is 3.19. The molecule has 100 valence electrons. The van der Waals surface area contributed by atoms with Crippen molar-refractivity contribution in [2.45, 2.75) is 12.8 Å². The molecule has 0 unspecified atom stereocenters. The zero-order chi connectivity index (χ0) is 13.4. The van der Waals surface area contributed by atoms with Crippen molar-refractivity contribution in [2.75, 3.05) is 18.0 Å². The first-order chi connectivity index (χ1) is 9.92. The van der Waals surface area contributed by atoms with Crippen molar-refractivity contribution in [3.8, 4) is 10.6 Å². The minimum atomic E-state index is 1.10. The van der Waals surface area contributed by atoms with Gasteiger partial charge in [0.2, 0.25) is 0 Å². The SMILES string of the molecule is c1csc(-c2cc(N3CCCC3)c3ccccc3n2)c1. The van der Waals surface area contributed by atoms with E-state index in [1.807, 2.05) is 0 Å². The summed E-state index contributed by atoms with van der Waals surface area (Å²) < 4.78 is 0. The molecule has 4 rings (SSSR count). The second kappa shape index (κ2) is 4.91. The van der Waals surface area contributed by atoms with Crippen molar-refractivity contribution in [1.29, 1.82) is 0 Å². The van der Waals surface area contributed by atoms with Gasteiger partial charge in [0.1, 0.15) is 0 Å². The third-order valence-corrected chi connectivity index (χ3v) is 4.81. The second-order valence-electron chi connectivity index (χ2n) is 5.22. The van der Waals surface area contributed by atoms with Gasteiger partial charge in [0.05, 0.1) is 16.1 Å². The van der Waals surface area contributed by atoms with Gasteiger partial charge >= 0.3 is 0 Å². The molecule has 20 heavy (non-hydrogen) atoms. The zero-order valence-electron chi connectivity index (χ0n) is 11.2. The Kier molecular flexibility index (Phi) is 2.92. The predicted octanol–water partition coefficient (Wildman–Crippen LogP) is 4.56. The number of thiophene rings is 1. The first-order valence-electron chi connectivity index (χ1n) is 7.10. The van der Waals surface area contributed by atoms with Crippen LogP contribution in [-0.2, 0) is 0 Å². The van der Waals surface area contributed by atoms with Crippen LogP contribution in [0, 0.1) is 0 Å². The van der Waals surface area contributed by atoms with E-state index >= 15 is 0 Å². The zero-order valence-corrected chi connectivity index (χ0v) is 12.1. The van der Waals surface area contributed by atoms with Crippen molar-refractivity contribution < 1.29 is 0 Å². The lowest BCUT2D eigenvalue weighted by atomic mass is 10.1. The number of anilines is 1. The van der Waals surface area contributed by atoms with Crippen molar-refractivity contribution in [3.05, 3.63) is 47.8 Å². The maximum atomic E-state index is 4.83. The summed E-state index contributed by atoms with van der Waals surface area (Å²) in [6, 6.07) is 15.0. The summed E-state index contributed by atoms with van der Waals surface area (Å²) in [6.07, 6.45) is 2.59. The molecular formula is C17H16N2S. The molecule has 1 fully saturated rings. The normalized spacial score (nSPS) is 15.1. The molecule has 0 spiro atoms. The van der Waals surface area contributed by atoms with Crippen LogP contribution in [0.1, 0.15) is 12.8 Å². The summed E-state index contributed by atoms with van der Waals surface area (Å²) in [5.41, 5.74) is 3.54. The van der Waals surface area contributed by atoms with E-state index in [0.29, 0.717) is 0 Å². The van der Waals surface area contributed by atoms with E-state index in [1.165, 1.54) is 28.8 Å². The van der Waals surface area contributed by atoms with Gasteiger partial charge in [0, 0.05) is 24.2 Å². The monoisotopic (exact) mass is 280 g/mol. The molecule has 1 aliphatic rings. The van der Waals surface area contributed by atoms with E-state index < -0.39 is 0 Å². The highest BCUT2D eigenvalue weighted by atomic mass is 32.1. The Morgan fingerprint density at radius 2 is 1.85 bits per heavy atom. The fourth-order valence-electron chi connectivity index (χ4n) is 2.93. The van der Waals surface area contributed by atoms with Gasteiger partial charge in [-0.1, -0.05) is 24.3 Å². The molecule has 0 N–H and O–H groups in total. The van der Waals surface area contributed by atoms with Crippen LogP contribution in [0.25, 0.3) is 21.5 Å². The van der Waals surface area contributed by atoms with Crippen LogP contribution in [0.5, 0.6) is 0 Å². The van der Waals surface area contributed by atoms with Crippen LogP contribution in [0.15, 0.2) is 47.8 Å². The van der Waals surface area contributed by atoms with Gasteiger partial charge in [-0.05, 0) is 36.4 Å². The van der Waals surface area contributed by atoms with Crippen molar-refractivity contribution in [1.82, 2.24) is 4.98 Å². The lowest BCUT2D eigenvalue weighted by Crippen LogP contribution is -2.18. The highest BCUT2D eigenvalue weighted by Gasteiger charge is 2.17. The summed E-state index contributed by atoms with van der Waals surface area (Å²) in [6.45, 7) is 2.33. The summed E-state index contributed by atoms with van der Waals surface area (Å²) in [5.74, 6) is 0. The molecule has 0 radical (unpaired) electrons. The molecule has 0 amide bonds. The highest BCUT2D eigenvalue weighted by molar-refractivity contribution is 7.13. The molecule has 3 aromatic rings. The highest BCUT2D eigenvalue weighted by Crippen LogP contribution is 2.33. The van der Waals surface area contributed by atoms with Crippen LogP contribution in [0.3, 0.4) is 0 Å². The minimum Gasteiger partial charge on any atom is -0.371 e. The largest absolute Gasteiger partial charge is 0.371 e. The topological polar surface area (TPSA) is 16.1 Å². The van der Waals surface area contributed by atoms with Crippen LogP contribution >= 0.6 is 11.3 Å². The Labute approximate surface area is 122 Å². The third-order valence-electron chi connectivity index (χ3n) is 3.91. The van der Waals surface area contributed by atoms with E-state index in [1.54, 1.807) is 11.3 Å². The van der Waals surface area contributed by atoms with Crippen molar-refractivity contribution >= 4 is 27.9 Å². The third kappa shape index (κ3) is 1.98. The Morgan fingerprint density at radius 1 is 1.00 bits per heavy atom. The Hall–Kier alpha value is -1.87. The van der Waals surface area contributed by atoms with Crippen LogP contribution in [0.2, 0.25) is 0 Å². The number of para-hydroxylation sites is 1. The molecular weight excluding hydrogens is 264 g/mol. The predicted molar refractivity (Wildman–Crippen MR) is 86.5 cm³/mol. The molecule has 0 aliphatic carbocycles. The molecule has 2 aromatic heterocycles. The molecule has 1 aromatic carbocycles. The number of hydrogen-bond acceptors (Lipinski definition) is 3. The second-order valence-corrected chi connectivity index (χ2v) is 6.16. The van der Waals surface area contributed by atoms with Gasteiger partial charge in [-0.15, -0.1) is 11.3 Å². The number of nitrogens with zero attached hydrogens (tertiary/aromatic N) is 2. The Bertz CT molecular complexity index is 728. The number of aromatic nitrogens is 1. The maximum Gasteiger partial charge on any atom is 0.0830 e. The van der Waals surface area contributed by atoms with E-state index in [-0.39, 0.29) is 0 Å². The summed E-state index contributed by atoms with van der Waals surface area (Å²) in [5, 5.41) is 3.39. The summed E-state index contributed by atoms with van der Waals surface area (Å²) >= 11 is 1.75. The van der Waals surface area contributed by atoms with Gasteiger partial charge in [0.15, 0.2) is 0 Å². The molecule has 0 saturated carbocycles. The van der Waals surface area contributed by atoms with Crippen molar-refractivity contribution in [2.24, 2.45) is 0 Å². The molecule has 3 heterocycles. The number of pyridine rings is 1. The fourth-order valence-corrected chi connectivity index (χ4v) is 3.61. The number of hydrogen-bond donors (Lipinski definition) is 0. The average molecular weight is 280 g/mol. The van der Waals surface area contributed by atoms with Crippen molar-refractivity contribution in [3.63, 3.8) is 0 Å². The van der Waals surface area contributed by atoms with Crippen LogP contribution in [-0.4, -0.2) is 18.1 Å². The molecule has 3 heteroatoms. The summed E-state index contributed by atoms with van der Waals surface area (Å²) in [7, 11) is 0. The van der Waals surface area contributed by atoms with Gasteiger partial charge in [-0.3, -0.25) is 0 Å². The maximum absolute atomic E-state index is 4.83. The number of benzene rings is 1. The molecule has 1 saturated heterocycles. The molecule has 0 bridgehead atoms. The molecule has 1 aliphatic heterocycles. The quantitative estimate of drug-likeness (QED) is 0.684. The van der Waals surface area contributed by atoms with Crippen LogP contribution < -0.4 is 4.90 Å². The van der Waals surface area contributed by atoms with Gasteiger partial charge in [-0.25, -0.2) is 4.98 Å². The Morgan fingerprint density at radius 3 is 2.65 bits per heavy atom. The number of rotatable bonds is 2. The first kappa shape index (κ1) is 11.9. The standard InChI is InChI=1S/C17H16N2S/c1-2-7-14-13(6-1)16(19-9-3-4-10-19)12-15(18-14)17-8-5-11-20-17/h1-2,5-8,11-12H,3-4,9-10H2. The molecule has 0 atom stereocenters. The van der Waals surface area contributed by atoms with E-state index in [4.69, 9.17) is 4.98 Å². The fraction of sp³-hybridized carbons (Fsp3) is 0.235. The van der Waals surface area contributed by atoms with E-state index in [2.05, 4.69) is 52.7 Å². The number of fused-ring (bicyclic) bond motifs is 1. The van der Waals surface area contributed by atoms with Gasteiger partial charge in [-0.2, -0.15) is 0 Å². The lowest BCUT2D eigenvalue weighted by molar-refractivity contribution is 0.949. The van der Waals surface area contributed by atoms with Gasteiger partial charge < -0.3 is 4.90 Å². The van der Waals surface area contributed by atoms with Gasteiger partial charge in [0.25, 0.3) is 0 Å². The molecule has 2 nitrogen and oxygen atoms in total. The summed E-state index contributed by atoms with van der Waals surface area (Å²) in [4.78, 5) is 8.58. The van der Waals surface area contributed by atoms with E-state index in [9.17, 15) is 0 Å².